The summed E-state index contributed by atoms with van der Waals surface area (Å²) in [5.41, 5.74) is 17.8. The van der Waals surface area contributed by atoms with Crippen molar-refractivity contribution in [2.45, 2.75) is 0 Å². The molecular weight excluding hydrogens is 791 g/mol. The second-order valence-electron chi connectivity index (χ2n) is 17.1. The van der Waals surface area contributed by atoms with E-state index in [-0.39, 0.29) is 0 Å². The normalized spacial score (nSPS) is 12.1. The third-order valence-corrected chi connectivity index (χ3v) is 13.5. The van der Waals surface area contributed by atoms with E-state index < -0.39 is 0 Å². The summed E-state index contributed by atoms with van der Waals surface area (Å²) >= 11 is 0. The first-order valence-corrected chi connectivity index (χ1v) is 22.0. The van der Waals surface area contributed by atoms with Crippen LogP contribution in [0.25, 0.3) is 132 Å². The minimum atomic E-state index is 0.749. The Bertz CT molecular complexity index is 4240. The Morgan fingerprint density at radius 3 is 1.51 bits per heavy atom. The van der Waals surface area contributed by atoms with Gasteiger partial charge in [-0.1, -0.05) is 133 Å². The monoisotopic (exact) mass is 826 g/mol. The Hall–Kier alpha value is -8.54. The number of furan rings is 2. The zero-order valence-electron chi connectivity index (χ0n) is 35.0. The summed E-state index contributed by atoms with van der Waals surface area (Å²) in [5.74, 6) is 0. The van der Waals surface area contributed by atoms with Crippen LogP contribution in [0.3, 0.4) is 0 Å². The van der Waals surface area contributed by atoms with Crippen molar-refractivity contribution in [3.05, 3.63) is 212 Å². The third kappa shape index (κ3) is 5.39. The maximum atomic E-state index is 6.56. The van der Waals surface area contributed by atoms with Gasteiger partial charge in [0.1, 0.15) is 30.2 Å². The number of fused-ring (bicyclic) bond motifs is 12. The van der Waals surface area contributed by atoms with E-state index in [1.165, 1.54) is 10.8 Å². The average molecular weight is 827 g/mol. The van der Waals surface area contributed by atoms with Gasteiger partial charge in [-0.2, -0.15) is 0 Å². The molecule has 0 bridgehead atoms. The largest absolute Gasteiger partial charge is 0.456 e. The summed E-state index contributed by atoms with van der Waals surface area (Å²) < 4.78 is 17.6. The van der Waals surface area contributed by atoms with E-state index in [1.54, 1.807) is 0 Å². The lowest BCUT2D eigenvalue weighted by molar-refractivity contribution is 0.669. The minimum absolute atomic E-state index is 0.749. The fraction of sp³-hybridized carbons (Fsp3) is 0. The molecule has 0 atom stereocenters. The number of hydrogen-bond donors (Lipinski definition) is 0. The van der Waals surface area contributed by atoms with Gasteiger partial charge in [-0.3, -0.25) is 0 Å². The molecule has 0 unspecified atom stereocenters. The molecule has 10 aromatic carbocycles. The number of benzene rings is 10. The first-order valence-electron chi connectivity index (χ1n) is 22.0. The second-order valence-corrected chi connectivity index (χ2v) is 17.1. The third-order valence-electron chi connectivity index (χ3n) is 13.5. The maximum Gasteiger partial charge on any atom is 0.143 e. The number of para-hydroxylation sites is 4. The van der Waals surface area contributed by atoms with Crippen LogP contribution in [-0.4, -0.2) is 17.0 Å². The minimum Gasteiger partial charge on any atom is -0.456 e. The summed E-state index contributed by atoms with van der Waals surface area (Å²) in [6.07, 6.45) is 0. The molecule has 0 amide bonds. The van der Waals surface area contributed by atoms with Gasteiger partial charge in [0.15, 0.2) is 0 Å². The fourth-order valence-corrected chi connectivity index (χ4v) is 10.5. The lowest BCUT2D eigenvalue weighted by Crippen LogP contribution is -2.00. The summed E-state index contributed by atoms with van der Waals surface area (Å²) in [6.45, 7) is 0. The standard InChI is InChI=1S/C60H35BN2O2/c61-40-25-31-55-51(35-40)49-33-38(23-29-53(49)62(55)41-10-2-1-3-11-41)37-22-28-52-48(32-37)50-34-39(44-15-8-16-46-45-12-4-6-17-56(45)65-60(44)46)24-30-54(50)63(52)42-26-20-36(21-27-42)43-14-9-19-58-59(43)47-13-5-7-18-57(47)64-58/h1-35H. The number of nitrogens with zero attached hydrogens (tertiary/aromatic N) is 2. The van der Waals surface area contributed by atoms with Gasteiger partial charge >= 0.3 is 0 Å². The second kappa shape index (κ2) is 13.7. The average Bonchev–Trinajstić information content (AvgIpc) is 4.11. The predicted octanol–water partition coefficient (Wildman–Crippen LogP) is 15.5. The van der Waals surface area contributed by atoms with Gasteiger partial charge in [0.2, 0.25) is 0 Å². The summed E-state index contributed by atoms with van der Waals surface area (Å²) in [7, 11) is 6.44. The first kappa shape index (κ1) is 36.0. The molecule has 4 nitrogen and oxygen atoms in total. The van der Waals surface area contributed by atoms with Crippen molar-refractivity contribution in [2.24, 2.45) is 0 Å². The van der Waals surface area contributed by atoms with E-state index >= 15 is 0 Å². The van der Waals surface area contributed by atoms with Crippen LogP contribution in [0.2, 0.25) is 0 Å². The van der Waals surface area contributed by atoms with E-state index in [4.69, 9.17) is 16.7 Å². The Balaban J connectivity index is 0.967. The van der Waals surface area contributed by atoms with E-state index in [1.807, 2.05) is 30.3 Å². The molecule has 300 valence electrons. The van der Waals surface area contributed by atoms with Crippen molar-refractivity contribution in [3.63, 3.8) is 0 Å². The van der Waals surface area contributed by atoms with Crippen molar-refractivity contribution in [3.8, 4) is 44.8 Å². The van der Waals surface area contributed by atoms with E-state index in [0.29, 0.717) is 0 Å². The predicted molar refractivity (Wildman–Crippen MR) is 271 cm³/mol. The zero-order chi connectivity index (χ0) is 42.8. The molecule has 0 aliphatic heterocycles. The summed E-state index contributed by atoms with van der Waals surface area (Å²) in [4.78, 5) is 0. The van der Waals surface area contributed by atoms with E-state index in [2.05, 4.69) is 191 Å². The van der Waals surface area contributed by atoms with Crippen LogP contribution in [0.1, 0.15) is 0 Å². The highest BCUT2D eigenvalue weighted by molar-refractivity contribution is 6.34. The van der Waals surface area contributed by atoms with Crippen LogP contribution in [0, 0.1) is 0 Å². The Kier molecular flexibility index (Phi) is 7.60. The number of aromatic nitrogens is 2. The van der Waals surface area contributed by atoms with Gasteiger partial charge in [-0.25, -0.2) is 0 Å². The van der Waals surface area contributed by atoms with Crippen molar-refractivity contribution in [1.29, 1.82) is 0 Å². The van der Waals surface area contributed by atoms with Gasteiger partial charge < -0.3 is 18.0 Å². The Morgan fingerprint density at radius 2 is 0.800 bits per heavy atom. The highest BCUT2D eigenvalue weighted by Crippen LogP contribution is 2.43. The number of hydrogen-bond acceptors (Lipinski definition) is 2. The van der Waals surface area contributed by atoms with E-state index in [9.17, 15) is 0 Å². The van der Waals surface area contributed by atoms with E-state index in [0.717, 1.165) is 127 Å². The molecule has 2 radical (unpaired) electrons. The van der Waals surface area contributed by atoms with Crippen LogP contribution in [0.4, 0.5) is 0 Å². The molecule has 14 rings (SSSR count). The molecule has 0 spiro atoms. The quantitative estimate of drug-likeness (QED) is 0.162. The molecule has 65 heavy (non-hydrogen) atoms. The molecular formula is C60H35BN2O2. The number of rotatable bonds is 5. The molecule has 4 aromatic heterocycles. The van der Waals surface area contributed by atoms with Crippen molar-refractivity contribution < 1.29 is 8.83 Å². The lowest BCUT2D eigenvalue weighted by Gasteiger charge is -2.11. The van der Waals surface area contributed by atoms with Crippen molar-refractivity contribution in [1.82, 2.24) is 9.13 Å². The summed E-state index contributed by atoms with van der Waals surface area (Å²) in [5, 5.41) is 9.14. The highest BCUT2D eigenvalue weighted by Gasteiger charge is 2.20. The molecule has 0 N–H and O–H groups in total. The van der Waals surface area contributed by atoms with Crippen LogP contribution < -0.4 is 5.46 Å². The molecule has 0 saturated carbocycles. The van der Waals surface area contributed by atoms with Crippen LogP contribution in [0.5, 0.6) is 0 Å². The van der Waals surface area contributed by atoms with Gasteiger partial charge in [0, 0.05) is 60.0 Å². The SMILES string of the molecule is [B]c1ccc2c(c1)c1cc(-c3ccc4c(c3)c3cc(-c5cccc6c5oc5ccccc56)ccc3n4-c3ccc(-c4cccc5oc6ccccc6c45)cc3)ccc1n2-c1ccccc1. The Labute approximate surface area is 374 Å². The van der Waals surface area contributed by atoms with Gasteiger partial charge in [-0.05, 0) is 113 Å². The highest BCUT2D eigenvalue weighted by atomic mass is 16.3. The van der Waals surface area contributed by atoms with Crippen LogP contribution in [-0.2, 0) is 0 Å². The molecule has 14 aromatic rings. The van der Waals surface area contributed by atoms with Gasteiger partial charge in [0.25, 0.3) is 0 Å². The van der Waals surface area contributed by atoms with Crippen LogP contribution >= 0.6 is 0 Å². The smallest absolute Gasteiger partial charge is 0.143 e. The van der Waals surface area contributed by atoms with Crippen molar-refractivity contribution in [2.75, 3.05) is 0 Å². The topological polar surface area (TPSA) is 36.1 Å². The molecule has 0 saturated heterocycles. The maximum absolute atomic E-state index is 6.56. The molecule has 0 aliphatic rings. The molecule has 0 aliphatic carbocycles. The summed E-state index contributed by atoms with van der Waals surface area (Å²) in [6, 6.07) is 75.7. The molecule has 0 fully saturated rings. The Morgan fingerprint density at radius 1 is 0.308 bits per heavy atom. The van der Waals surface area contributed by atoms with Gasteiger partial charge in [-0.15, -0.1) is 0 Å². The first-order chi connectivity index (χ1) is 32.1. The molecule has 5 heteroatoms. The zero-order valence-corrected chi connectivity index (χ0v) is 35.0. The lowest BCUT2D eigenvalue weighted by atomic mass is 9.94. The fourth-order valence-electron chi connectivity index (χ4n) is 10.5. The molecule has 4 heterocycles. The van der Waals surface area contributed by atoms with Crippen molar-refractivity contribution >= 4 is 101 Å². The van der Waals surface area contributed by atoms with Crippen LogP contribution in [0.15, 0.2) is 221 Å². The van der Waals surface area contributed by atoms with Gasteiger partial charge in [0.05, 0.1) is 22.1 Å².